The third-order valence-electron chi connectivity index (χ3n) is 6.81. The molecule has 0 bridgehead atoms. The zero-order valence-corrected chi connectivity index (χ0v) is 18.7. The number of nitrogens with one attached hydrogen (secondary N) is 1. The number of fused-ring (bicyclic) bond motifs is 2. The lowest BCUT2D eigenvalue weighted by atomic mass is 9.98. The molecule has 1 heteroatoms. The summed E-state index contributed by atoms with van der Waals surface area (Å²) in [6.07, 6.45) is 10.3. The highest BCUT2D eigenvalue weighted by atomic mass is 14.9. The van der Waals surface area contributed by atoms with E-state index in [-0.39, 0.29) is 0 Å². The fourth-order valence-corrected chi connectivity index (χ4v) is 4.73. The molecule has 0 unspecified atom stereocenters. The van der Waals surface area contributed by atoms with Crippen LogP contribution in [0.25, 0.3) is 21.5 Å². The maximum Gasteiger partial charge on any atom is 0.0496 e. The van der Waals surface area contributed by atoms with Gasteiger partial charge in [0.05, 0.1) is 0 Å². The van der Waals surface area contributed by atoms with Crippen LogP contribution in [0.15, 0.2) is 72.8 Å². The molecule has 1 fully saturated rings. The Kier molecular flexibility index (Phi) is 5.93. The first-order chi connectivity index (χ1) is 15.3. The summed E-state index contributed by atoms with van der Waals surface area (Å²) in [6, 6.07) is 27.1. The largest absolute Gasteiger partial charge is 0.354 e. The Hall–Kier alpha value is -2.80. The van der Waals surface area contributed by atoms with Crippen molar-refractivity contribution >= 4 is 32.9 Å². The van der Waals surface area contributed by atoms with Gasteiger partial charge in [0.2, 0.25) is 0 Å². The van der Waals surface area contributed by atoms with Gasteiger partial charge in [-0.2, -0.15) is 0 Å². The lowest BCUT2D eigenvalue weighted by Gasteiger charge is -2.17. The summed E-state index contributed by atoms with van der Waals surface area (Å²) < 4.78 is 0. The first-order valence-corrected chi connectivity index (χ1v) is 12.1. The third kappa shape index (κ3) is 4.61. The van der Waals surface area contributed by atoms with E-state index in [9.17, 15) is 0 Å². The van der Waals surface area contributed by atoms with Crippen molar-refractivity contribution in [2.75, 3.05) is 5.32 Å². The molecular weight excluding hydrogens is 374 g/mol. The Morgan fingerprint density at radius 3 is 2.45 bits per heavy atom. The predicted octanol–water partition coefficient (Wildman–Crippen LogP) is 8.81. The van der Waals surface area contributed by atoms with Gasteiger partial charge in [0.15, 0.2) is 0 Å². The second kappa shape index (κ2) is 9.14. The Morgan fingerprint density at radius 1 is 0.774 bits per heavy atom. The Bertz CT molecular complexity index is 1190. The molecule has 1 aliphatic carbocycles. The standard InChI is InChI=1S/C30H33N/c1-2-3-4-9-26-20-19-24-8-5-6-11-27(24)30(26)31-29-12-7-10-25-18-17-23(21-28(25)29)16-15-22-13-14-22/h5-8,10-12,17-22,31H,2-4,9,13-16H2,1H3. The molecule has 5 rings (SSSR count). The minimum absolute atomic E-state index is 0.977. The Morgan fingerprint density at radius 2 is 1.58 bits per heavy atom. The van der Waals surface area contributed by atoms with Crippen LogP contribution in [0, 0.1) is 5.92 Å². The summed E-state index contributed by atoms with van der Waals surface area (Å²) >= 11 is 0. The zero-order valence-electron chi connectivity index (χ0n) is 18.7. The minimum atomic E-state index is 0.977. The molecule has 0 heterocycles. The summed E-state index contributed by atoms with van der Waals surface area (Å²) in [7, 11) is 0. The van der Waals surface area contributed by atoms with Crippen molar-refractivity contribution in [2.45, 2.75) is 58.3 Å². The Labute approximate surface area is 186 Å². The van der Waals surface area contributed by atoms with Crippen LogP contribution in [-0.4, -0.2) is 0 Å². The van der Waals surface area contributed by atoms with E-state index in [2.05, 4.69) is 85.0 Å². The van der Waals surface area contributed by atoms with E-state index in [0.717, 1.165) is 12.3 Å². The van der Waals surface area contributed by atoms with Gasteiger partial charge in [0, 0.05) is 22.1 Å². The second-order valence-electron chi connectivity index (χ2n) is 9.25. The van der Waals surface area contributed by atoms with Crippen LogP contribution in [0.2, 0.25) is 0 Å². The summed E-state index contributed by atoms with van der Waals surface area (Å²) in [6.45, 7) is 2.27. The molecule has 4 aromatic rings. The van der Waals surface area contributed by atoms with Gasteiger partial charge < -0.3 is 5.32 Å². The number of hydrogen-bond acceptors (Lipinski definition) is 1. The number of benzene rings is 4. The molecule has 158 valence electrons. The quantitative estimate of drug-likeness (QED) is 0.273. The second-order valence-corrected chi connectivity index (χ2v) is 9.25. The molecule has 0 saturated heterocycles. The van der Waals surface area contributed by atoms with Crippen LogP contribution < -0.4 is 5.32 Å². The van der Waals surface area contributed by atoms with Crippen LogP contribution in [0.5, 0.6) is 0 Å². The molecule has 1 N–H and O–H groups in total. The predicted molar refractivity (Wildman–Crippen MR) is 135 cm³/mol. The lowest BCUT2D eigenvalue weighted by Crippen LogP contribution is -1.99. The van der Waals surface area contributed by atoms with Gasteiger partial charge in [0.1, 0.15) is 0 Å². The average molecular weight is 408 g/mol. The van der Waals surface area contributed by atoms with E-state index in [0.29, 0.717) is 0 Å². The average Bonchev–Trinajstić information content (AvgIpc) is 3.64. The van der Waals surface area contributed by atoms with E-state index >= 15 is 0 Å². The van der Waals surface area contributed by atoms with E-state index < -0.39 is 0 Å². The first-order valence-electron chi connectivity index (χ1n) is 12.1. The molecule has 1 nitrogen and oxygen atoms in total. The molecule has 4 aromatic carbocycles. The molecule has 1 aliphatic rings. The molecular formula is C30H33N. The van der Waals surface area contributed by atoms with Crippen LogP contribution in [0.4, 0.5) is 11.4 Å². The number of aryl methyl sites for hydroxylation is 2. The molecule has 1 saturated carbocycles. The highest BCUT2D eigenvalue weighted by Crippen LogP contribution is 2.36. The number of anilines is 2. The van der Waals surface area contributed by atoms with Gasteiger partial charge in [0.25, 0.3) is 0 Å². The fraction of sp³-hybridized carbons (Fsp3) is 0.333. The molecule has 0 radical (unpaired) electrons. The smallest absolute Gasteiger partial charge is 0.0496 e. The van der Waals surface area contributed by atoms with Crippen molar-refractivity contribution in [3.8, 4) is 0 Å². The van der Waals surface area contributed by atoms with Crippen molar-refractivity contribution in [1.82, 2.24) is 0 Å². The monoisotopic (exact) mass is 407 g/mol. The van der Waals surface area contributed by atoms with Gasteiger partial charge in [-0.25, -0.2) is 0 Å². The van der Waals surface area contributed by atoms with E-state index in [1.54, 1.807) is 0 Å². The van der Waals surface area contributed by atoms with Crippen LogP contribution in [0.1, 0.15) is 56.6 Å². The summed E-state index contributed by atoms with van der Waals surface area (Å²) in [5, 5.41) is 9.16. The Balaban J connectivity index is 1.53. The van der Waals surface area contributed by atoms with Gasteiger partial charge >= 0.3 is 0 Å². The van der Waals surface area contributed by atoms with Crippen molar-refractivity contribution in [1.29, 1.82) is 0 Å². The van der Waals surface area contributed by atoms with Crippen molar-refractivity contribution < 1.29 is 0 Å². The van der Waals surface area contributed by atoms with Crippen LogP contribution >= 0.6 is 0 Å². The highest BCUT2D eigenvalue weighted by molar-refractivity contribution is 6.02. The van der Waals surface area contributed by atoms with Crippen molar-refractivity contribution in [3.05, 3.63) is 83.9 Å². The fourth-order valence-electron chi connectivity index (χ4n) is 4.73. The normalized spacial score (nSPS) is 13.7. The third-order valence-corrected chi connectivity index (χ3v) is 6.81. The minimum Gasteiger partial charge on any atom is -0.354 e. The van der Waals surface area contributed by atoms with Gasteiger partial charge in [-0.15, -0.1) is 0 Å². The molecule has 0 aromatic heterocycles. The maximum atomic E-state index is 3.89. The van der Waals surface area contributed by atoms with Crippen LogP contribution in [-0.2, 0) is 12.8 Å². The van der Waals surface area contributed by atoms with Gasteiger partial charge in [-0.05, 0) is 65.6 Å². The zero-order chi connectivity index (χ0) is 21.0. The maximum absolute atomic E-state index is 3.89. The van der Waals surface area contributed by atoms with E-state index in [1.165, 1.54) is 89.0 Å². The molecule has 0 spiro atoms. The summed E-state index contributed by atoms with van der Waals surface area (Å²) in [5.74, 6) is 0.977. The number of hydrogen-bond donors (Lipinski definition) is 1. The van der Waals surface area contributed by atoms with E-state index in [1.807, 2.05) is 0 Å². The molecule has 0 amide bonds. The van der Waals surface area contributed by atoms with Crippen LogP contribution in [0.3, 0.4) is 0 Å². The van der Waals surface area contributed by atoms with Gasteiger partial charge in [-0.1, -0.05) is 93.3 Å². The van der Waals surface area contributed by atoms with Gasteiger partial charge in [-0.3, -0.25) is 0 Å². The summed E-state index contributed by atoms with van der Waals surface area (Å²) in [4.78, 5) is 0. The first kappa shape index (κ1) is 20.1. The van der Waals surface area contributed by atoms with E-state index in [4.69, 9.17) is 0 Å². The number of unbranched alkanes of at least 4 members (excludes halogenated alkanes) is 2. The van der Waals surface area contributed by atoms with Crippen molar-refractivity contribution in [3.63, 3.8) is 0 Å². The summed E-state index contributed by atoms with van der Waals surface area (Å²) in [5.41, 5.74) is 5.40. The highest BCUT2D eigenvalue weighted by Gasteiger charge is 2.20. The lowest BCUT2D eigenvalue weighted by molar-refractivity contribution is 0.718. The number of rotatable bonds is 9. The molecule has 31 heavy (non-hydrogen) atoms. The SMILES string of the molecule is CCCCCc1ccc2ccccc2c1Nc1cccc2ccc(CCC3CC3)cc12. The topological polar surface area (TPSA) is 12.0 Å². The van der Waals surface area contributed by atoms with Crippen molar-refractivity contribution in [2.24, 2.45) is 5.92 Å². The molecule has 0 atom stereocenters. The molecule has 0 aliphatic heterocycles.